The molecule has 0 bridgehead atoms. The lowest BCUT2D eigenvalue weighted by molar-refractivity contribution is -0.0483. The molecule has 0 radical (unpaired) electrons. The summed E-state index contributed by atoms with van der Waals surface area (Å²) in [6.07, 6.45) is 3.66. The average Bonchev–Trinajstić information content (AvgIpc) is 2.45. The number of hydrogen-bond acceptors (Lipinski definition) is 3. The second-order valence-corrected chi connectivity index (χ2v) is 7.36. The lowest BCUT2D eigenvalue weighted by Gasteiger charge is -2.51. The summed E-state index contributed by atoms with van der Waals surface area (Å²) in [5, 5.41) is 0. The molecule has 0 amide bonds. The van der Waals surface area contributed by atoms with Crippen LogP contribution in [0.5, 0.6) is 0 Å². The van der Waals surface area contributed by atoms with Gasteiger partial charge in [-0.25, -0.2) is 17.5 Å². The van der Waals surface area contributed by atoms with Crippen LogP contribution in [0.4, 0.5) is 4.39 Å². The van der Waals surface area contributed by atoms with Gasteiger partial charge < -0.3 is 4.74 Å². The van der Waals surface area contributed by atoms with Gasteiger partial charge in [0.25, 0.3) is 0 Å². The predicted molar refractivity (Wildman–Crippen MR) is 72.2 cm³/mol. The van der Waals surface area contributed by atoms with Gasteiger partial charge in [-0.1, -0.05) is 6.07 Å². The van der Waals surface area contributed by atoms with Gasteiger partial charge in [-0.15, -0.1) is 0 Å². The average molecular weight is 299 g/mol. The minimum absolute atomic E-state index is 0.00777. The highest BCUT2D eigenvalue weighted by molar-refractivity contribution is 7.89. The van der Waals surface area contributed by atoms with Crippen molar-refractivity contribution in [3.63, 3.8) is 0 Å². The van der Waals surface area contributed by atoms with E-state index < -0.39 is 15.8 Å². The van der Waals surface area contributed by atoms with E-state index in [0.29, 0.717) is 13.2 Å². The molecule has 110 valence electrons. The molecule has 20 heavy (non-hydrogen) atoms. The summed E-state index contributed by atoms with van der Waals surface area (Å²) in [6.45, 7) is 1.39. The number of ether oxygens (including phenoxy) is 1. The van der Waals surface area contributed by atoms with E-state index in [1.165, 1.54) is 18.2 Å². The molecule has 2 aliphatic rings. The molecule has 1 aromatic carbocycles. The first-order valence-corrected chi connectivity index (χ1v) is 8.36. The van der Waals surface area contributed by atoms with Crippen molar-refractivity contribution in [2.45, 2.75) is 36.6 Å². The van der Waals surface area contributed by atoms with Gasteiger partial charge in [0, 0.05) is 19.3 Å². The van der Waals surface area contributed by atoms with Crippen molar-refractivity contribution < 1.29 is 17.5 Å². The van der Waals surface area contributed by atoms with Crippen molar-refractivity contribution in [2.75, 3.05) is 13.2 Å². The molecule has 1 atom stereocenters. The molecule has 1 aliphatic heterocycles. The van der Waals surface area contributed by atoms with Gasteiger partial charge >= 0.3 is 0 Å². The molecule has 1 aromatic rings. The van der Waals surface area contributed by atoms with E-state index in [1.54, 1.807) is 0 Å². The third kappa shape index (κ3) is 2.47. The fourth-order valence-corrected chi connectivity index (χ4v) is 4.55. The van der Waals surface area contributed by atoms with Gasteiger partial charge in [0.1, 0.15) is 5.82 Å². The van der Waals surface area contributed by atoms with Crippen LogP contribution in [0.1, 0.15) is 25.7 Å². The molecule has 1 heterocycles. The van der Waals surface area contributed by atoms with Crippen molar-refractivity contribution in [1.82, 2.24) is 4.72 Å². The fourth-order valence-electron chi connectivity index (χ4n) is 3.15. The van der Waals surface area contributed by atoms with Crippen LogP contribution in [0.15, 0.2) is 29.2 Å². The van der Waals surface area contributed by atoms with E-state index in [9.17, 15) is 12.8 Å². The molecule has 1 saturated carbocycles. The van der Waals surface area contributed by atoms with E-state index in [4.69, 9.17) is 4.74 Å². The second-order valence-electron chi connectivity index (χ2n) is 5.64. The highest BCUT2D eigenvalue weighted by Gasteiger charge is 2.48. The molecule has 1 saturated heterocycles. The van der Waals surface area contributed by atoms with Crippen molar-refractivity contribution in [1.29, 1.82) is 0 Å². The number of hydrogen-bond donors (Lipinski definition) is 1. The third-order valence-corrected chi connectivity index (χ3v) is 6.03. The Morgan fingerprint density at radius 1 is 1.25 bits per heavy atom. The number of nitrogens with one attached hydrogen (secondary N) is 1. The molecule has 3 rings (SSSR count). The van der Waals surface area contributed by atoms with E-state index >= 15 is 0 Å². The van der Waals surface area contributed by atoms with Crippen molar-refractivity contribution in [2.24, 2.45) is 5.41 Å². The topological polar surface area (TPSA) is 55.4 Å². The first-order valence-electron chi connectivity index (χ1n) is 6.88. The largest absolute Gasteiger partial charge is 0.381 e. The Morgan fingerprint density at radius 3 is 2.60 bits per heavy atom. The highest BCUT2D eigenvalue weighted by Crippen LogP contribution is 2.49. The van der Waals surface area contributed by atoms with Crippen LogP contribution in [0, 0.1) is 11.2 Å². The Hall–Kier alpha value is -0.980. The normalized spacial score (nSPS) is 25.4. The third-order valence-electron chi connectivity index (χ3n) is 4.56. The summed E-state index contributed by atoms with van der Waals surface area (Å²) in [5.74, 6) is -0.540. The van der Waals surface area contributed by atoms with E-state index in [2.05, 4.69) is 4.72 Å². The Balaban J connectivity index is 1.77. The first-order chi connectivity index (χ1) is 9.52. The molecule has 1 spiro atoms. The minimum Gasteiger partial charge on any atom is -0.381 e. The summed E-state index contributed by atoms with van der Waals surface area (Å²) in [5.41, 5.74) is 0.0403. The predicted octanol–water partition coefficient (Wildman–Crippen LogP) is 2.06. The number of benzene rings is 1. The summed E-state index contributed by atoms with van der Waals surface area (Å²) < 4.78 is 45.9. The smallest absolute Gasteiger partial charge is 0.240 e. The van der Waals surface area contributed by atoms with Gasteiger partial charge in [-0.3, -0.25) is 0 Å². The van der Waals surface area contributed by atoms with Crippen LogP contribution in [0.3, 0.4) is 0 Å². The van der Waals surface area contributed by atoms with Gasteiger partial charge in [0.05, 0.1) is 4.90 Å². The van der Waals surface area contributed by atoms with E-state index in [-0.39, 0.29) is 16.4 Å². The fraction of sp³-hybridized carbons (Fsp3) is 0.571. The molecule has 1 aliphatic carbocycles. The lowest BCUT2D eigenvalue weighted by Crippen LogP contribution is -2.57. The summed E-state index contributed by atoms with van der Waals surface area (Å²) >= 11 is 0. The van der Waals surface area contributed by atoms with Gasteiger partial charge in [0.2, 0.25) is 10.0 Å². The van der Waals surface area contributed by atoms with Gasteiger partial charge in [0.15, 0.2) is 0 Å². The summed E-state index contributed by atoms with van der Waals surface area (Å²) in [4.78, 5) is -0.00777. The zero-order chi connectivity index (χ0) is 14.2. The Bertz CT molecular complexity index is 596. The van der Waals surface area contributed by atoms with Crippen LogP contribution < -0.4 is 4.72 Å². The number of halogens is 1. The monoisotopic (exact) mass is 299 g/mol. The second kappa shape index (κ2) is 5.09. The van der Waals surface area contributed by atoms with E-state index in [1.807, 2.05) is 0 Å². The summed E-state index contributed by atoms with van der Waals surface area (Å²) in [7, 11) is -3.65. The van der Waals surface area contributed by atoms with Gasteiger partial charge in [-0.05, 0) is 49.3 Å². The Morgan fingerprint density at radius 2 is 2.00 bits per heavy atom. The van der Waals surface area contributed by atoms with Crippen LogP contribution in [0.25, 0.3) is 0 Å². The summed E-state index contributed by atoms with van der Waals surface area (Å²) in [6, 6.07) is 5.06. The zero-order valence-electron chi connectivity index (χ0n) is 11.1. The minimum atomic E-state index is -3.65. The first kappa shape index (κ1) is 14.0. The zero-order valence-corrected chi connectivity index (χ0v) is 12.0. The molecular formula is C14H18FNO3S. The maximum Gasteiger partial charge on any atom is 0.240 e. The molecule has 6 heteroatoms. The number of rotatable bonds is 3. The lowest BCUT2D eigenvalue weighted by atomic mass is 9.60. The van der Waals surface area contributed by atoms with Crippen molar-refractivity contribution >= 4 is 10.0 Å². The van der Waals surface area contributed by atoms with Gasteiger partial charge in [-0.2, -0.15) is 0 Å². The molecule has 4 nitrogen and oxygen atoms in total. The maximum atomic E-state index is 13.2. The van der Waals surface area contributed by atoms with Crippen LogP contribution in [-0.4, -0.2) is 27.7 Å². The highest BCUT2D eigenvalue weighted by atomic mass is 32.2. The Labute approximate surface area is 118 Å². The SMILES string of the molecule is O=S(=O)(NC1CCC12CCOCC2)c1cccc(F)c1. The van der Waals surface area contributed by atoms with Crippen LogP contribution in [-0.2, 0) is 14.8 Å². The molecule has 0 aromatic heterocycles. The number of sulfonamides is 1. The van der Waals surface area contributed by atoms with Crippen molar-refractivity contribution in [3.8, 4) is 0 Å². The van der Waals surface area contributed by atoms with Crippen LogP contribution >= 0.6 is 0 Å². The molecule has 2 fully saturated rings. The quantitative estimate of drug-likeness (QED) is 0.929. The van der Waals surface area contributed by atoms with Crippen molar-refractivity contribution in [3.05, 3.63) is 30.1 Å². The Kier molecular flexibility index (Phi) is 3.56. The maximum absolute atomic E-state index is 13.2. The van der Waals surface area contributed by atoms with E-state index in [0.717, 1.165) is 31.7 Å². The molecule has 1 N–H and O–H groups in total. The molecule has 1 unspecified atom stereocenters. The molecular weight excluding hydrogens is 281 g/mol. The standard InChI is InChI=1S/C14H18FNO3S/c15-11-2-1-3-12(10-11)20(17,18)16-13-4-5-14(13)6-8-19-9-7-14/h1-3,10,13,16H,4-9H2. The van der Waals surface area contributed by atoms with Crippen LogP contribution in [0.2, 0.25) is 0 Å².